The Morgan fingerprint density at radius 1 is 0.433 bits per heavy atom. The van der Waals surface area contributed by atoms with E-state index >= 15 is 0 Å². The second-order valence-corrected chi connectivity index (χ2v) is 32.7. The smallest absolute Gasteiger partial charge is 0.355 e. The van der Waals surface area contributed by atoms with Crippen LogP contribution in [0.1, 0.15) is 275 Å². The molecule has 0 fully saturated rings. The molecule has 0 saturated carbocycles. The van der Waals surface area contributed by atoms with E-state index < -0.39 is 40.3 Å². The van der Waals surface area contributed by atoms with Crippen molar-refractivity contribution in [2.24, 2.45) is 5.73 Å². The van der Waals surface area contributed by atoms with E-state index in [1.807, 2.05) is 218 Å². The minimum atomic E-state index is -0.900. The van der Waals surface area contributed by atoms with E-state index in [-0.39, 0.29) is 81.2 Å². The summed E-state index contributed by atoms with van der Waals surface area (Å²) in [6, 6.07) is 40.5. The van der Waals surface area contributed by atoms with Gasteiger partial charge in [0.1, 0.15) is 18.8 Å². The lowest BCUT2D eigenvalue weighted by Crippen LogP contribution is -2.42. The Morgan fingerprint density at radius 2 is 0.716 bits per heavy atom. The van der Waals surface area contributed by atoms with E-state index in [1.165, 1.54) is 14.4 Å². The molecule has 8 rings (SSSR count). The molecule has 134 heavy (non-hydrogen) atoms. The molecule has 0 bridgehead atoms. The van der Waals surface area contributed by atoms with E-state index in [0.717, 1.165) is 59.0 Å². The number of pyridine rings is 1. The number of fused-ring (bicyclic) bond motifs is 1. The van der Waals surface area contributed by atoms with Gasteiger partial charge >= 0.3 is 41.8 Å². The maximum Gasteiger partial charge on any atom is 0.355 e. The van der Waals surface area contributed by atoms with E-state index in [1.54, 1.807) is 128 Å². The van der Waals surface area contributed by atoms with E-state index in [4.69, 9.17) is 62.8 Å². The summed E-state index contributed by atoms with van der Waals surface area (Å²) >= 11 is 12.8. The molecule has 6 N–H and O–H groups in total. The third-order valence-electron chi connectivity index (χ3n) is 18.2. The number of halogens is 3. The SMILES string of the molecule is C.C=Cc1cccc(C)c1C(=O)Cl.C=Cc1cccc(C)c1C(=O)Cl.C=Cc1cccc(C)c1C(=O)N(CC(=O)OCC)C(C)C.C=Cc1cccc(C)c1C(=O)O.CC(C)N.CCOC(=O)CN(C(=O)c1c(C)cccc1C=O)C(C)C.CCOC(=O)CNC(C)C.CCOC(=O)CNC(C)C.CCOC(=O)c1cc2cccc(C)c2c(=O)n1C(C)C.Cc1cccc(I)c1C(=O)O. The molecular weight excluding hydrogens is 1860 g/mol. The number of nitrogens with one attached hydrogen (secondary N) is 2. The zero-order chi connectivity index (χ0) is 102. The number of rotatable bonds is 30. The van der Waals surface area contributed by atoms with Crippen molar-refractivity contribution in [3.63, 3.8) is 0 Å². The Hall–Kier alpha value is -11.9. The summed E-state index contributed by atoms with van der Waals surface area (Å²) in [5.41, 5.74) is 17.2. The zero-order valence-corrected chi connectivity index (χ0v) is 85.2. The van der Waals surface area contributed by atoms with Gasteiger partial charge in [-0.1, -0.05) is 221 Å². The van der Waals surface area contributed by atoms with Gasteiger partial charge in [0.15, 0.2) is 6.29 Å². The molecule has 732 valence electrons. The van der Waals surface area contributed by atoms with Crippen LogP contribution < -0.4 is 21.9 Å². The van der Waals surface area contributed by atoms with E-state index in [2.05, 4.69) is 36.9 Å². The highest BCUT2D eigenvalue weighted by molar-refractivity contribution is 14.1. The summed E-state index contributed by atoms with van der Waals surface area (Å²) in [5, 5.41) is 24.1. The van der Waals surface area contributed by atoms with Crippen molar-refractivity contribution in [3.05, 3.63) is 280 Å². The summed E-state index contributed by atoms with van der Waals surface area (Å²) < 4.78 is 26.6. The summed E-state index contributed by atoms with van der Waals surface area (Å²) in [5.74, 6) is -3.94. The number of nitrogens with zero attached hydrogens (tertiary/aromatic N) is 3. The van der Waals surface area contributed by atoms with Crippen molar-refractivity contribution in [1.29, 1.82) is 0 Å². The number of aromatic carboxylic acids is 2. The number of carbonyl (C=O) groups is 12. The summed E-state index contributed by atoms with van der Waals surface area (Å²) in [4.78, 5) is 152. The van der Waals surface area contributed by atoms with Gasteiger partial charge in [-0.25, -0.2) is 14.4 Å². The number of hydrogen-bond acceptors (Lipinski definition) is 21. The lowest BCUT2D eigenvalue weighted by molar-refractivity contribution is -0.145. The average molecular weight is 2010 g/mol. The van der Waals surface area contributed by atoms with Crippen LogP contribution in [0.3, 0.4) is 0 Å². The highest BCUT2D eigenvalue weighted by atomic mass is 127. The highest BCUT2D eigenvalue weighted by Gasteiger charge is 2.28. The first-order chi connectivity index (χ1) is 62.5. The number of carboxylic acids is 2. The van der Waals surface area contributed by atoms with E-state index in [9.17, 15) is 62.3 Å². The average Bonchev–Trinajstić information content (AvgIpc) is 0.765. The molecule has 8 aromatic rings. The molecule has 7 aromatic carbocycles. The molecule has 0 atom stereocenters. The predicted octanol–water partition coefficient (Wildman–Crippen LogP) is 21.1. The van der Waals surface area contributed by atoms with Crippen LogP contribution in [0.2, 0.25) is 0 Å². The lowest BCUT2D eigenvalue weighted by Gasteiger charge is -2.27. The van der Waals surface area contributed by atoms with Gasteiger partial charge in [-0.05, 0) is 255 Å². The number of aryl methyl sites for hydroxylation is 7. The number of amides is 2. The minimum absolute atomic E-state index is 0. The molecule has 29 heteroatoms. The number of aldehydes is 1. The van der Waals surface area contributed by atoms with Crippen LogP contribution in [-0.2, 0) is 42.9 Å². The predicted molar refractivity (Wildman–Crippen MR) is 550 cm³/mol. The normalized spacial score (nSPS) is 9.99. The Bertz CT molecular complexity index is 4960. The van der Waals surface area contributed by atoms with Crippen molar-refractivity contribution in [3.8, 4) is 0 Å². The van der Waals surface area contributed by atoms with Gasteiger partial charge in [0.05, 0.1) is 68.2 Å². The lowest BCUT2D eigenvalue weighted by atomic mass is 10.00. The van der Waals surface area contributed by atoms with Crippen molar-refractivity contribution >= 4 is 151 Å². The first-order valence-corrected chi connectivity index (χ1v) is 45.2. The van der Waals surface area contributed by atoms with Gasteiger partial charge in [0.25, 0.3) is 27.9 Å². The largest absolute Gasteiger partial charge is 0.478 e. The topological polar surface area (TPSA) is 370 Å². The zero-order valence-electron chi connectivity index (χ0n) is 81.5. The van der Waals surface area contributed by atoms with Gasteiger partial charge in [0, 0.05) is 56.0 Å². The third kappa shape index (κ3) is 45.7. The van der Waals surface area contributed by atoms with Gasteiger partial charge in [-0.15, -0.1) is 0 Å². The Morgan fingerprint density at radius 3 is 0.993 bits per heavy atom. The van der Waals surface area contributed by atoms with Crippen molar-refractivity contribution in [2.45, 2.75) is 210 Å². The standard InChI is InChI=1S/C17H23NO3.C16H21NO4.C16H19NO3.2C10H9ClO.C10H10O2.C8H7IO2.2C7H15NO2.C3H9N.CH4/c1-6-14-10-8-9-13(5)16(14)17(20)18(12(3)4)11-15(19)21-7-2;1-5-21-14(19)9-17(11(2)3)16(20)15-12(4)7-6-8-13(15)10-18;1-5-20-16(19)13-9-12-8-6-7-11(4)14(12)15(18)17(13)10(2)3;3*1-3-8-6-4-5-7(2)9(8)10(11)12;1-5-3-2-4-6(9)7(5)8(10)11;2*1-4-10-7(9)5-8-6(2)3;1-3(2)4;/h6,8-10,12H,1,7,11H2,2-5H3;6-8,10-11H,5,9H2,1-4H3;6-10H,5H2,1-4H3;2*3-6H,1H2,2H3;3-6H,1H2,2H3,(H,11,12);2-4H,1H3,(H,10,11);2*6,8H,4-5H2,1-3H3;3H,4H2,1-2H3;1H4. The van der Waals surface area contributed by atoms with Crippen LogP contribution in [0.15, 0.2) is 165 Å². The number of aromatic nitrogens is 1. The second-order valence-electron chi connectivity index (χ2n) is 30.9. The number of ether oxygens (including phenoxy) is 5. The molecule has 0 aliphatic heterocycles. The molecule has 1 aromatic heterocycles. The number of benzene rings is 7. The second kappa shape index (κ2) is 68.2. The van der Waals surface area contributed by atoms with Crippen molar-refractivity contribution in [2.75, 3.05) is 59.2 Å². The summed E-state index contributed by atoms with van der Waals surface area (Å²) in [6.45, 7) is 61.3. The molecule has 2 amide bonds. The Labute approximate surface area is 816 Å². The highest BCUT2D eigenvalue weighted by Crippen LogP contribution is 2.25. The van der Waals surface area contributed by atoms with Crippen molar-refractivity contribution in [1.82, 2.24) is 25.0 Å². The number of carboxylic acid groups (broad SMARTS) is 2. The van der Waals surface area contributed by atoms with Gasteiger partial charge in [0.2, 0.25) is 0 Å². The Kier molecular flexibility index (Phi) is 64.3. The van der Waals surface area contributed by atoms with Crippen LogP contribution in [0.4, 0.5) is 0 Å². The third-order valence-corrected chi connectivity index (χ3v) is 19.5. The molecule has 0 aliphatic carbocycles. The first-order valence-electron chi connectivity index (χ1n) is 43.3. The number of carbonyl (C=O) groups excluding carboxylic acids is 10. The van der Waals surface area contributed by atoms with E-state index in [0.29, 0.717) is 118 Å². The van der Waals surface area contributed by atoms with Crippen LogP contribution in [0, 0.1) is 52.0 Å². The maximum absolute atomic E-state index is 12.8. The fourth-order valence-electron chi connectivity index (χ4n) is 11.9. The minimum Gasteiger partial charge on any atom is -0.478 e. The molecule has 0 radical (unpaired) electrons. The van der Waals surface area contributed by atoms with Crippen molar-refractivity contribution < 1.29 is 91.4 Å². The van der Waals surface area contributed by atoms with Gasteiger partial charge in [-0.2, -0.15) is 0 Å². The fourth-order valence-corrected chi connectivity index (χ4v) is 13.3. The molecule has 26 nitrogen and oxygen atoms in total. The number of hydrogen-bond donors (Lipinski definition) is 5. The molecule has 0 saturated heterocycles. The maximum atomic E-state index is 12.8. The molecule has 0 aliphatic rings. The van der Waals surface area contributed by atoms with Crippen LogP contribution in [0.5, 0.6) is 0 Å². The number of nitrogens with two attached hydrogens (primary N) is 1. The monoisotopic (exact) mass is 2000 g/mol. The fraction of sp³-hybridized carbons (Fsp3) is 0.381. The summed E-state index contributed by atoms with van der Waals surface area (Å²) in [6.07, 6.45) is 7.12. The van der Waals surface area contributed by atoms with Gasteiger partial charge in [-0.3, -0.25) is 52.5 Å². The molecule has 0 unspecified atom stereocenters. The molecule has 1 heterocycles. The Balaban J connectivity index is -0.00000145. The van der Waals surface area contributed by atoms with Crippen LogP contribution in [-0.4, -0.2) is 184 Å². The van der Waals surface area contributed by atoms with Gasteiger partial charge < -0.3 is 60.1 Å². The number of esters is 5. The first kappa shape index (κ1) is 126. The van der Waals surface area contributed by atoms with Crippen LogP contribution in [0.25, 0.3) is 35.1 Å². The quantitative estimate of drug-likeness (QED) is 0.00917. The summed E-state index contributed by atoms with van der Waals surface area (Å²) in [7, 11) is 0. The molecule has 0 spiro atoms. The van der Waals surface area contributed by atoms with Crippen LogP contribution >= 0.6 is 45.8 Å². The molecular formula is C105H141Cl2IN6O20.